The topological polar surface area (TPSA) is 77.2 Å². The van der Waals surface area contributed by atoms with Crippen LogP contribution in [0, 0.1) is 0 Å². The summed E-state index contributed by atoms with van der Waals surface area (Å²) in [6.07, 6.45) is 0.495. The molecule has 6 nitrogen and oxygen atoms in total. The van der Waals surface area contributed by atoms with E-state index in [1.807, 2.05) is 42.5 Å². The normalized spacial score (nSPS) is 12.1. The number of amides is 1. The Labute approximate surface area is 171 Å². The first-order chi connectivity index (χ1) is 14.1. The summed E-state index contributed by atoms with van der Waals surface area (Å²) in [5, 5.41) is 6.93. The fourth-order valence-electron chi connectivity index (χ4n) is 3.01. The molecule has 29 heavy (non-hydrogen) atoms. The molecule has 0 saturated carbocycles. The maximum Gasteiger partial charge on any atom is 0.227 e. The summed E-state index contributed by atoms with van der Waals surface area (Å²) in [5.41, 5.74) is 3.19. The molecule has 2 aromatic carbocycles. The molecule has 0 aliphatic rings. The minimum atomic E-state index is -0.177. The summed E-state index contributed by atoms with van der Waals surface area (Å²) in [6, 6.07) is 17.9. The van der Waals surface area contributed by atoms with Crippen molar-refractivity contribution in [2.75, 3.05) is 13.7 Å². The van der Waals surface area contributed by atoms with Gasteiger partial charge in [-0.05, 0) is 17.0 Å². The van der Waals surface area contributed by atoms with E-state index in [-0.39, 0.29) is 18.4 Å². The van der Waals surface area contributed by atoms with Gasteiger partial charge >= 0.3 is 0 Å². The van der Waals surface area contributed by atoms with Gasteiger partial charge in [-0.3, -0.25) is 4.79 Å². The van der Waals surface area contributed by atoms with Crippen molar-refractivity contribution in [1.82, 2.24) is 15.5 Å². The van der Waals surface area contributed by atoms with E-state index in [1.54, 1.807) is 7.11 Å². The van der Waals surface area contributed by atoms with Gasteiger partial charge in [0.05, 0.1) is 6.10 Å². The van der Waals surface area contributed by atoms with Crippen LogP contribution in [0.1, 0.15) is 49.3 Å². The molecule has 0 radical (unpaired) electrons. The molecule has 3 aromatic rings. The summed E-state index contributed by atoms with van der Waals surface area (Å²) in [7, 11) is 1.64. The van der Waals surface area contributed by atoms with Gasteiger partial charge in [0.2, 0.25) is 17.6 Å². The van der Waals surface area contributed by atoms with E-state index in [9.17, 15) is 4.79 Å². The van der Waals surface area contributed by atoms with Crippen molar-refractivity contribution in [1.29, 1.82) is 0 Å². The predicted octanol–water partition coefficient (Wildman–Crippen LogP) is 4.30. The highest BCUT2D eigenvalue weighted by Crippen LogP contribution is 2.21. The molecule has 3 rings (SSSR count). The van der Waals surface area contributed by atoms with Crippen LogP contribution in [0.5, 0.6) is 0 Å². The molecule has 6 heteroatoms. The number of ether oxygens (including phenoxy) is 1. The number of methoxy groups -OCH3 is 1. The number of hydrogen-bond acceptors (Lipinski definition) is 5. The van der Waals surface area contributed by atoms with E-state index in [4.69, 9.17) is 9.26 Å². The quantitative estimate of drug-likeness (QED) is 0.587. The van der Waals surface area contributed by atoms with Crippen molar-refractivity contribution < 1.29 is 14.1 Å². The van der Waals surface area contributed by atoms with Crippen LogP contribution in [-0.4, -0.2) is 29.7 Å². The zero-order valence-electron chi connectivity index (χ0n) is 17.1. The third kappa shape index (κ3) is 5.74. The molecular formula is C23H27N3O3. The van der Waals surface area contributed by atoms with Gasteiger partial charge in [0.15, 0.2) is 0 Å². The number of aryl methyl sites for hydroxylation is 1. The number of carbonyl (C=O) groups is 1. The van der Waals surface area contributed by atoms with Crippen molar-refractivity contribution in [3.05, 3.63) is 71.6 Å². The second-order valence-electron chi connectivity index (χ2n) is 7.23. The monoisotopic (exact) mass is 393 g/mol. The highest BCUT2D eigenvalue weighted by molar-refractivity contribution is 5.76. The third-order valence-corrected chi connectivity index (χ3v) is 4.81. The number of benzene rings is 2. The van der Waals surface area contributed by atoms with E-state index in [0.717, 1.165) is 11.1 Å². The van der Waals surface area contributed by atoms with Gasteiger partial charge in [-0.15, -0.1) is 0 Å². The Balaban J connectivity index is 1.49. The van der Waals surface area contributed by atoms with Crippen LogP contribution in [0.25, 0.3) is 11.4 Å². The molecule has 0 aliphatic heterocycles. The smallest absolute Gasteiger partial charge is 0.227 e. The Kier molecular flexibility index (Phi) is 7.14. The molecule has 0 saturated heterocycles. The van der Waals surface area contributed by atoms with E-state index in [0.29, 0.717) is 30.6 Å². The first-order valence-corrected chi connectivity index (χ1v) is 9.84. The fraction of sp³-hybridized carbons (Fsp3) is 0.348. The molecule has 152 valence electrons. The Morgan fingerprint density at radius 1 is 1.07 bits per heavy atom. The van der Waals surface area contributed by atoms with Crippen molar-refractivity contribution in [2.24, 2.45) is 0 Å². The molecule has 0 spiro atoms. The van der Waals surface area contributed by atoms with Gasteiger partial charge in [-0.2, -0.15) is 4.98 Å². The summed E-state index contributed by atoms with van der Waals surface area (Å²) in [4.78, 5) is 16.6. The maximum absolute atomic E-state index is 12.2. The molecule has 1 N–H and O–H groups in total. The number of nitrogens with zero attached hydrogens (tertiary/aromatic N) is 2. The molecule has 1 aromatic heterocycles. The number of rotatable bonds is 9. The Hall–Kier alpha value is -2.99. The number of hydrogen-bond donors (Lipinski definition) is 1. The number of nitrogens with one attached hydrogen (secondary N) is 1. The lowest BCUT2D eigenvalue weighted by Gasteiger charge is -2.16. The van der Waals surface area contributed by atoms with Crippen LogP contribution >= 0.6 is 0 Å². The van der Waals surface area contributed by atoms with Crippen LogP contribution in [0.2, 0.25) is 0 Å². The maximum atomic E-state index is 12.2. The molecule has 0 fully saturated rings. The summed E-state index contributed by atoms with van der Waals surface area (Å²) < 4.78 is 10.8. The molecule has 1 heterocycles. The van der Waals surface area contributed by atoms with Crippen molar-refractivity contribution in [3.63, 3.8) is 0 Å². The zero-order valence-corrected chi connectivity index (χ0v) is 17.1. The first-order valence-electron chi connectivity index (χ1n) is 9.84. The van der Waals surface area contributed by atoms with E-state index in [1.165, 1.54) is 5.56 Å². The lowest BCUT2D eigenvalue weighted by Crippen LogP contribution is -2.29. The molecule has 0 bridgehead atoms. The van der Waals surface area contributed by atoms with Crippen LogP contribution in [0.3, 0.4) is 0 Å². The second kappa shape index (κ2) is 9.98. The highest BCUT2D eigenvalue weighted by Gasteiger charge is 2.14. The van der Waals surface area contributed by atoms with Crippen LogP contribution in [0.4, 0.5) is 0 Å². The number of carbonyl (C=O) groups excluding carboxylic acids is 1. The average Bonchev–Trinajstić information content (AvgIpc) is 3.22. The number of aromatic nitrogens is 2. The second-order valence-corrected chi connectivity index (χ2v) is 7.23. The summed E-state index contributed by atoms with van der Waals surface area (Å²) in [6.45, 7) is 4.72. The molecule has 1 unspecified atom stereocenters. The van der Waals surface area contributed by atoms with Crippen molar-refractivity contribution in [2.45, 2.75) is 38.7 Å². The highest BCUT2D eigenvalue weighted by atomic mass is 16.5. The van der Waals surface area contributed by atoms with Crippen LogP contribution in [0.15, 0.2) is 59.1 Å². The van der Waals surface area contributed by atoms with Gasteiger partial charge in [-0.1, -0.05) is 73.6 Å². The lowest BCUT2D eigenvalue weighted by molar-refractivity contribution is -0.121. The van der Waals surface area contributed by atoms with E-state index >= 15 is 0 Å². The van der Waals surface area contributed by atoms with Gasteiger partial charge < -0.3 is 14.6 Å². The zero-order chi connectivity index (χ0) is 20.6. The van der Waals surface area contributed by atoms with Crippen molar-refractivity contribution in [3.8, 4) is 11.4 Å². The average molecular weight is 393 g/mol. The largest absolute Gasteiger partial charge is 0.375 e. The molecule has 1 atom stereocenters. The van der Waals surface area contributed by atoms with E-state index < -0.39 is 0 Å². The van der Waals surface area contributed by atoms with Crippen molar-refractivity contribution >= 4 is 5.91 Å². The molecule has 1 amide bonds. The lowest BCUT2D eigenvalue weighted by atomic mass is 10.0. The van der Waals surface area contributed by atoms with Gasteiger partial charge in [-0.25, -0.2) is 0 Å². The Morgan fingerprint density at radius 2 is 1.79 bits per heavy atom. The predicted molar refractivity (Wildman–Crippen MR) is 111 cm³/mol. The first kappa shape index (κ1) is 20.7. The third-order valence-electron chi connectivity index (χ3n) is 4.81. The minimum Gasteiger partial charge on any atom is -0.375 e. The van der Waals surface area contributed by atoms with Crippen LogP contribution in [-0.2, 0) is 16.0 Å². The Bertz CT molecular complexity index is 905. The minimum absolute atomic E-state index is 0.0796. The van der Waals surface area contributed by atoms with Crippen LogP contribution < -0.4 is 5.32 Å². The Morgan fingerprint density at radius 3 is 2.45 bits per heavy atom. The van der Waals surface area contributed by atoms with Gasteiger partial charge in [0.1, 0.15) is 0 Å². The SMILES string of the molecule is COC(CNC(=O)CCc1nc(-c2ccc(C(C)C)cc2)no1)c1ccccc1. The van der Waals surface area contributed by atoms with Gasteiger partial charge in [0.25, 0.3) is 0 Å². The summed E-state index contributed by atoms with van der Waals surface area (Å²) >= 11 is 0. The standard InChI is InChI=1S/C23H27N3O3/c1-16(2)17-9-11-19(12-10-17)23-25-22(29-26-23)14-13-21(27)24-15-20(28-3)18-7-5-4-6-8-18/h4-12,16,20H,13-15H2,1-3H3,(H,24,27). The van der Waals surface area contributed by atoms with E-state index in [2.05, 4.69) is 41.4 Å². The fourth-order valence-corrected chi connectivity index (χ4v) is 3.01. The summed E-state index contributed by atoms with van der Waals surface area (Å²) in [5.74, 6) is 1.39. The molecule has 0 aliphatic carbocycles. The molecular weight excluding hydrogens is 366 g/mol. The van der Waals surface area contributed by atoms with Gasteiger partial charge in [0, 0.05) is 32.1 Å².